The minimum atomic E-state index is -1.87. The Bertz CT molecular complexity index is 692. The zero-order valence-electron chi connectivity index (χ0n) is 11.9. The van der Waals surface area contributed by atoms with E-state index in [1.54, 1.807) is 0 Å². The summed E-state index contributed by atoms with van der Waals surface area (Å²) in [5.74, 6) is 0. The molecule has 0 bridgehead atoms. The van der Waals surface area contributed by atoms with Gasteiger partial charge in [0.2, 0.25) is 0 Å². The number of hydrogen-bond acceptors (Lipinski definition) is 0. The quantitative estimate of drug-likeness (QED) is 0.707. The molecule has 0 saturated heterocycles. The van der Waals surface area contributed by atoms with Crippen molar-refractivity contribution in [2.45, 2.75) is 7.25 Å². The Morgan fingerprint density at radius 1 is 0.762 bits per heavy atom. The Morgan fingerprint density at radius 2 is 1.24 bits per heavy atom. The van der Waals surface area contributed by atoms with Crippen molar-refractivity contribution in [3.05, 3.63) is 93.3 Å². The molecule has 2 atom stereocenters. The van der Waals surface area contributed by atoms with Crippen molar-refractivity contribution in [2.75, 3.05) is 0 Å². The number of hydrogen-bond donors (Lipinski definition) is 0. The fourth-order valence-corrected chi connectivity index (χ4v) is 10.4. The molecule has 0 amide bonds. The van der Waals surface area contributed by atoms with E-state index in [1.165, 1.54) is 22.3 Å². The van der Waals surface area contributed by atoms with Gasteiger partial charge in [0.05, 0.1) is 0 Å². The van der Waals surface area contributed by atoms with Crippen molar-refractivity contribution in [3.8, 4) is 0 Å². The average Bonchev–Trinajstić information content (AvgIpc) is 3.14. The zero-order chi connectivity index (χ0) is 14.2. The maximum absolute atomic E-state index is 4.22. The zero-order valence-corrected chi connectivity index (χ0v) is 14.3. The van der Waals surface area contributed by atoms with Crippen LogP contribution in [0.25, 0.3) is 12.2 Å². The van der Waals surface area contributed by atoms with Gasteiger partial charge in [0.15, 0.2) is 0 Å². The summed E-state index contributed by atoms with van der Waals surface area (Å²) in [7, 11) is 0. The molecule has 1 heteroatoms. The Kier molecular flexibility index (Phi) is 3.39. The van der Waals surface area contributed by atoms with Crippen LogP contribution >= 0.6 is 0 Å². The van der Waals surface area contributed by atoms with E-state index in [0.29, 0.717) is 7.25 Å². The molecule has 0 N–H and O–H groups in total. The average molecular weight is 349 g/mol. The van der Waals surface area contributed by atoms with Crippen molar-refractivity contribution >= 4 is 12.2 Å². The molecule has 0 fully saturated rings. The number of allylic oxidation sites excluding steroid dienone is 2. The van der Waals surface area contributed by atoms with E-state index in [4.69, 9.17) is 0 Å². The van der Waals surface area contributed by atoms with E-state index in [-0.39, 0.29) is 0 Å². The van der Waals surface area contributed by atoms with Crippen molar-refractivity contribution < 1.29 is 21.8 Å². The Balaban J connectivity index is 1.74. The van der Waals surface area contributed by atoms with Crippen LogP contribution < -0.4 is 0 Å². The monoisotopic (exact) mass is 347 g/mol. The van der Waals surface area contributed by atoms with Gasteiger partial charge in [-0.2, -0.15) is 0 Å². The van der Waals surface area contributed by atoms with Gasteiger partial charge in [0, 0.05) is 0 Å². The van der Waals surface area contributed by atoms with E-state index in [0.717, 1.165) is 0 Å². The number of rotatable bonds is 3. The van der Waals surface area contributed by atoms with Crippen LogP contribution in [-0.2, 0) is 21.8 Å². The van der Waals surface area contributed by atoms with Crippen molar-refractivity contribution in [1.82, 2.24) is 0 Å². The molecule has 2 unspecified atom stereocenters. The second kappa shape index (κ2) is 5.39. The Morgan fingerprint density at radius 3 is 1.71 bits per heavy atom. The van der Waals surface area contributed by atoms with Crippen LogP contribution in [0.2, 0.25) is 0 Å². The van der Waals surface area contributed by atoms with Crippen molar-refractivity contribution in [3.63, 3.8) is 0 Å². The summed E-state index contributed by atoms with van der Waals surface area (Å²) < 4.78 is 3.58. The first kappa shape index (κ1) is 13.2. The molecular weight excluding hydrogens is 331 g/mol. The van der Waals surface area contributed by atoms with Crippen LogP contribution in [0, 0.1) is 0 Å². The summed E-state index contributed by atoms with van der Waals surface area (Å²) in [5.41, 5.74) is 5.84. The van der Waals surface area contributed by atoms with Gasteiger partial charge in [-0.25, -0.2) is 0 Å². The summed E-state index contributed by atoms with van der Waals surface area (Å²) in [6.45, 7) is 4.22. The molecule has 0 aromatic heterocycles. The second-order valence-corrected chi connectivity index (χ2v) is 12.2. The minimum absolute atomic E-state index is 0.627. The van der Waals surface area contributed by atoms with E-state index < -0.39 is 21.8 Å². The number of benzene rings is 2. The van der Waals surface area contributed by atoms with Gasteiger partial charge < -0.3 is 0 Å². The van der Waals surface area contributed by atoms with Gasteiger partial charge in [0.25, 0.3) is 0 Å². The van der Waals surface area contributed by atoms with Crippen LogP contribution in [0.3, 0.4) is 0 Å². The third kappa shape index (κ3) is 2.15. The van der Waals surface area contributed by atoms with Gasteiger partial charge >= 0.3 is 134 Å². The molecule has 2 aromatic rings. The Labute approximate surface area is 134 Å². The molecule has 2 aliphatic rings. The first-order valence-electron chi connectivity index (χ1n) is 7.42. The molecule has 4 rings (SSSR count). The molecule has 0 aliphatic heterocycles. The molecule has 2 aromatic carbocycles. The predicted molar refractivity (Wildman–Crippen MR) is 86.6 cm³/mol. The predicted octanol–water partition coefficient (Wildman–Crippen LogP) is 5.28. The molecule has 0 saturated carbocycles. The van der Waals surface area contributed by atoms with E-state index >= 15 is 0 Å². The van der Waals surface area contributed by atoms with E-state index in [2.05, 4.69) is 83.2 Å². The van der Waals surface area contributed by atoms with Gasteiger partial charge in [-0.1, -0.05) is 0 Å². The topological polar surface area (TPSA) is 0 Å². The molecular formula is C20H17Zr. The molecule has 0 nitrogen and oxygen atoms in total. The van der Waals surface area contributed by atoms with Crippen LogP contribution in [0.5, 0.6) is 0 Å². The first-order valence-corrected chi connectivity index (χ1v) is 11.7. The summed E-state index contributed by atoms with van der Waals surface area (Å²) in [5, 5.41) is 0. The fourth-order valence-electron chi connectivity index (χ4n) is 3.53. The third-order valence-electron chi connectivity index (χ3n) is 4.55. The normalized spacial score (nSPS) is 21.1. The van der Waals surface area contributed by atoms with Crippen molar-refractivity contribution in [1.29, 1.82) is 0 Å². The van der Waals surface area contributed by atoms with Gasteiger partial charge in [-0.15, -0.1) is 0 Å². The van der Waals surface area contributed by atoms with Crippen LogP contribution in [0.15, 0.2) is 71.0 Å². The molecule has 0 spiro atoms. The van der Waals surface area contributed by atoms with Crippen molar-refractivity contribution in [2.24, 2.45) is 0 Å². The maximum atomic E-state index is 4.22. The SMILES string of the molecule is C=[CH][Zr]([CH]1C=Cc2ccccc21)[CH]1C=Cc2ccccc21. The Hall–Kier alpha value is -1.46. The van der Waals surface area contributed by atoms with Gasteiger partial charge in [0.1, 0.15) is 0 Å². The van der Waals surface area contributed by atoms with Crippen LogP contribution in [0.4, 0.5) is 0 Å². The van der Waals surface area contributed by atoms with Gasteiger partial charge in [-0.3, -0.25) is 0 Å². The summed E-state index contributed by atoms with van der Waals surface area (Å²) in [4.78, 5) is 0. The van der Waals surface area contributed by atoms with Gasteiger partial charge in [-0.05, 0) is 0 Å². The first-order chi connectivity index (χ1) is 10.4. The van der Waals surface area contributed by atoms with E-state index in [9.17, 15) is 0 Å². The van der Waals surface area contributed by atoms with Crippen LogP contribution in [0.1, 0.15) is 29.5 Å². The fraction of sp³-hybridized carbons (Fsp3) is 0.100. The van der Waals surface area contributed by atoms with Crippen LogP contribution in [-0.4, -0.2) is 0 Å². The molecule has 21 heavy (non-hydrogen) atoms. The van der Waals surface area contributed by atoms with E-state index in [1.807, 2.05) is 0 Å². The molecule has 0 heterocycles. The number of fused-ring (bicyclic) bond motifs is 2. The molecule has 101 valence electrons. The molecule has 0 radical (unpaired) electrons. The summed E-state index contributed by atoms with van der Waals surface area (Å²) >= 11 is -1.87. The third-order valence-corrected chi connectivity index (χ3v) is 11.7. The standard InChI is InChI=1S/2C9H7.C2H3.Zr/c2*1-2-5-9-7-3-6-8(9)4-1;1-2;/h2*1-7H;1H,2H2;. The molecule has 2 aliphatic carbocycles. The summed E-state index contributed by atoms with van der Waals surface area (Å²) in [6.07, 6.45) is 9.45. The summed E-state index contributed by atoms with van der Waals surface area (Å²) in [6, 6.07) is 17.7. The second-order valence-electron chi connectivity index (χ2n) is 5.64.